The summed E-state index contributed by atoms with van der Waals surface area (Å²) in [6.07, 6.45) is 0.827. The zero-order valence-electron chi connectivity index (χ0n) is 22.7. The molecule has 0 bridgehead atoms. The fourth-order valence-electron chi connectivity index (χ4n) is 3.45. The number of H-pyrrole nitrogens is 1. The number of nitrogens with zero attached hydrogens (tertiary/aromatic N) is 2. The van der Waals surface area contributed by atoms with E-state index in [1.807, 2.05) is 6.92 Å². The van der Waals surface area contributed by atoms with Gasteiger partial charge in [0.1, 0.15) is 17.5 Å². The van der Waals surface area contributed by atoms with Crippen molar-refractivity contribution in [1.82, 2.24) is 15.2 Å². The van der Waals surface area contributed by atoms with Crippen molar-refractivity contribution in [3.05, 3.63) is 52.3 Å². The summed E-state index contributed by atoms with van der Waals surface area (Å²) in [4.78, 5) is 61.0. The van der Waals surface area contributed by atoms with Gasteiger partial charge < -0.3 is 30.6 Å². The maximum Gasteiger partial charge on any atom is 0.419 e. The number of ether oxygens (including phenoxy) is 2. The number of nitrogens with two attached hydrogens (primary N) is 1. The molecule has 0 aliphatic heterocycles. The fraction of sp³-hybridized carbons (Fsp3) is 0.385. The molecule has 0 radical (unpaired) electrons. The van der Waals surface area contributed by atoms with Gasteiger partial charge in [-0.2, -0.15) is 0 Å². The molecule has 0 fully saturated rings. The fourth-order valence-corrected chi connectivity index (χ4v) is 3.45. The highest BCUT2D eigenvalue weighted by Gasteiger charge is 2.26. The molecular formula is C26H35N6O7+. The van der Waals surface area contributed by atoms with Crippen LogP contribution in [0.15, 0.2) is 29.4 Å². The van der Waals surface area contributed by atoms with Gasteiger partial charge in [0.05, 0.1) is 5.56 Å². The predicted molar refractivity (Wildman–Crippen MR) is 143 cm³/mol. The quantitative estimate of drug-likeness (QED) is 0.123. The number of amidine groups is 1. The van der Waals surface area contributed by atoms with Crippen LogP contribution >= 0.6 is 0 Å². The molecule has 1 aromatic carbocycles. The molecule has 0 saturated heterocycles. The Morgan fingerprint density at radius 1 is 1.23 bits per heavy atom. The van der Waals surface area contributed by atoms with Crippen LogP contribution in [-0.4, -0.2) is 77.0 Å². The van der Waals surface area contributed by atoms with Crippen molar-refractivity contribution in [3.63, 3.8) is 0 Å². The van der Waals surface area contributed by atoms with E-state index in [0.717, 1.165) is 10.5 Å². The molecule has 2 aromatic rings. The first-order valence-corrected chi connectivity index (χ1v) is 12.3. The van der Waals surface area contributed by atoms with Gasteiger partial charge in [-0.3, -0.25) is 9.59 Å². The number of imide groups is 1. The number of hydrogen-bond acceptors (Lipinski definition) is 8. The van der Waals surface area contributed by atoms with Crippen molar-refractivity contribution in [2.24, 2.45) is 10.7 Å². The number of amides is 3. The second kappa shape index (κ2) is 14.4. The van der Waals surface area contributed by atoms with Gasteiger partial charge in [0.2, 0.25) is 6.79 Å². The Kier molecular flexibility index (Phi) is 11.4. The van der Waals surface area contributed by atoms with Gasteiger partial charge in [-0.1, -0.05) is 13.0 Å². The van der Waals surface area contributed by atoms with Crippen LogP contribution in [0.4, 0.5) is 10.5 Å². The number of rotatable bonds is 10. The third kappa shape index (κ3) is 7.98. The Labute approximate surface area is 226 Å². The van der Waals surface area contributed by atoms with Gasteiger partial charge in [0.15, 0.2) is 6.34 Å². The smallest absolute Gasteiger partial charge is 0.419 e. The molecular weight excluding hydrogens is 508 g/mol. The van der Waals surface area contributed by atoms with E-state index in [1.165, 1.54) is 19.3 Å². The lowest BCUT2D eigenvalue weighted by molar-refractivity contribution is -0.309. The maximum atomic E-state index is 13.3. The minimum absolute atomic E-state index is 0.0493. The van der Waals surface area contributed by atoms with Gasteiger partial charge in [-0.05, 0) is 57.4 Å². The van der Waals surface area contributed by atoms with E-state index in [1.54, 1.807) is 39.1 Å². The Morgan fingerprint density at radius 3 is 2.56 bits per heavy atom. The summed E-state index contributed by atoms with van der Waals surface area (Å²) in [6.45, 7) is 8.15. The molecule has 3 amide bonds. The summed E-state index contributed by atoms with van der Waals surface area (Å²) in [7, 11) is 0. The van der Waals surface area contributed by atoms with Crippen molar-refractivity contribution in [3.8, 4) is 0 Å². The number of aromatic nitrogens is 1. The number of aliphatic hydroxyl groups excluding tert-OH is 1. The lowest BCUT2D eigenvalue weighted by Crippen LogP contribution is -2.75. The van der Waals surface area contributed by atoms with Crippen molar-refractivity contribution >= 4 is 41.7 Å². The highest BCUT2D eigenvalue weighted by molar-refractivity contribution is 6.04. The molecule has 210 valence electrons. The van der Waals surface area contributed by atoms with Crippen molar-refractivity contribution < 1.29 is 38.8 Å². The monoisotopic (exact) mass is 543 g/mol. The lowest BCUT2D eigenvalue weighted by atomic mass is 10.1. The normalized spacial score (nSPS) is 12.2. The molecule has 13 heteroatoms. The molecule has 1 aromatic heterocycles. The number of aliphatic hydroxyl groups is 1. The summed E-state index contributed by atoms with van der Waals surface area (Å²) in [5.74, 6) is -1.54. The first-order chi connectivity index (χ1) is 18.5. The van der Waals surface area contributed by atoms with Gasteiger partial charge in [0.25, 0.3) is 17.6 Å². The molecule has 0 spiro atoms. The standard InChI is InChI=1S/C26H34N6O7/c1-6-10-32(26(37)39-14-38-25(36)17(5)33)24(35)18-9-8-15(3)20(11-18)31-22(30-13-27)21-16(4)19(12-29-21)23(34)28-7-2/h8-9,11-13,17,29,33H,6-7,10,14H2,1-5H3,(H,28,34)(H2,27,30,31)/p+1. The average molecular weight is 544 g/mol. The molecule has 39 heavy (non-hydrogen) atoms. The molecule has 13 nitrogen and oxygen atoms in total. The zero-order valence-corrected chi connectivity index (χ0v) is 22.7. The van der Waals surface area contributed by atoms with Crippen molar-refractivity contribution in [2.75, 3.05) is 19.9 Å². The largest absolute Gasteiger partial charge is 0.426 e. The number of aryl methyl sites for hydroxylation is 1. The SMILES string of the molecule is CCCN(C(=O)OCOC(=O)C(C)O)C(=O)c1ccc(C)c(N=C([NH+]=CN)c2[nH]cc(C(=O)NCC)c2C)c1. The number of benzene rings is 1. The molecule has 2 rings (SSSR count). The number of hydrogen-bond donors (Lipinski definition) is 5. The van der Waals surface area contributed by atoms with Crippen LogP contribution in [0.2, 0.25) is 0 Å². The summed E-state index contributed by atoms with van der Waals surface area (Å²) in [5, 5.41) is 11.9. The van der Waals surface area contributed by atoms with E-state index in [-0.39, 0.29) is 18.0 Å². The minimum Gasteiger partial charge on any atom is -0.426 e. The first kappa shape index (κ1) is 30.7. The highest BCUT2D eigenvalue weighted by atomic mass is 16.7. The van der Waals surface area contributed by atoms with Crippen LogP contribution in [0.25, 0.3) is 0 Å². The Balaban J connectivity index is 2.38. The molecule has 1 unspecified atom stereocenters. The Hall–Kier alpha value is -4.52. The topological polar surface area (TPSA) is 190 Å². The molecule has 1 atom stereocenters. The van der Waals surface area contributed by atoms with E-state index < -0.39 is 30.9 Å². The predicted octanol–water partition coefficient (Wildman–Crippen LogP) is 0.397. The maximum absolute atomic E-state index is 13.3. The second-order valence-corrected chi connectivity index (χ2v) is 8.46. The second-order valence-electron chi connectivity index (χ2n) is 8.46. The van der Waals surface area contributed by atoms with E-state index in [4.69, 9.17) is 10.5 Å². The van der Waals surface area contributed by atoms with Crippen molar-refractivity contribution in [2.45, 2.75) is 47.1 Å². The first-order valence-electron chi connectivity index (χ1n) is 12.3. The van der Waals surface area contributed by atoms with Crippen LogP contribution in [0, 0.1) is 13.8 Å². The van der Waals surface area contributed by atoms with Gasteiger partial charge in [-0.25, -0.2) is 19.5 Å². The number of nitrogens with one attached hydrogen (secondary N) is 3. The number of esters is 1. The average Bonchev–Trinajstić information content (AvgIpc) is 3.28. The molecule has 0 aliphatic carbocycles. The van der Waals surface area contributed by atoms with Crippen molar-refractivity contribution in [1.29, 1.82) is 0 Å². The summed E-state index contributed by atoms with van der Waals surface area (Å²) in [6, 6.07) is 4.75. The lowest BCUT2D eigenvalue weighted by Gasteiger charge is -2.20. The van der Waals surface area contributed by atoms with E-state index in [2.05, 4.69) is 25.0 Å². The number of carbonyl (C=O) groups is 4. The van der Waals surface area contributed by atoms with Crippen LogP contribution < -0.4 is 16.0 Å². The third-order valence-electron chi connectivity index (χ3n) is 5.50. The van der Waals surface area contributed by atoms with Crippen LogP contribution in [0.5, 0.6) is 0 Å². The molecule has 1 heterocycles. The van der Waals surface area contributed by atoms with E-state index in [9.17, 15) is 24.3 Å². The van der Waals surface area contributed by atoms with E-state index in [0.29, 0.717) is 41.3 Å². The summed E-state index contributed by atoms with van der Waals surface area (Å²) >= 11 is 0. The third-order valence-corrected chi connectivity index (χ3v) is 5.50. The van der Waals surface area contributed by atoms with Crippen LogP contribution in [-0.2, 0) is 14.3 Å². The highest BCUT2D eigenvalue weighted by Crippen LogP contribution is 2.23. The Morgan fingerprint density at radius 2 is 1.95 bits per heavy atom. The van der Waals surface area contributed by atoms with Gasteiger partial charge in [0, 0.05) is 24.8 Å². The Bertz CT molecular complexity index is 1270. The molecule has 0 aliphatic rings. The van der Waals surface area contributed by atoms with Crippen LogP contribution in [0.3, 0.4) is 0 Å². The summed E-state index contributed by atoms with van der Waals surface area (Å²) in [5.41, 5.74) is 8.54. The number of aromatic amines is 1. The zero-order chi connectivity index (χ0) is 29.1. The number of carbonyl (C=O) groups excluding carboxylic acids is 4. The van der Waals surface area contributed by atoms with Crippen LogP contribution in [0.1, 0.15) is 64.7 Å². The molecule has 6 N–H and O–H groups in total. The molecule has 0 saturated carbocycles. The summed E-state index contributed by atoms with van der Waals surface area (Å²) < 4.78 is 9.54. The minimum atomic E-state index is -1.38. The number of aliphatic imine (C=N–C) groups is 1. The van der Waals surface area contributed by atoms with Gasteiger partial charge in [-0.15, -0.1) is 4.99 Å². The van der Waals surface area contributed by atoms with Gasteiger partial charge >= 0.3 is 12.1 Å². The van der Waals surface area contributed by atoms with E-state index >= 15 is 0 Å².